The molecule has 0 aromatic carbocycles. The van der Waals surface area contributed by atoms with Gasteiger partial charge in [-0.05, 0) is 25.7 Å². The van der Waals surface area contributed by atoms with Crippen molar-refractivity contribution < 1.29 is 9.90 Å². The lowest BCUT2D eigenvalue weighted by Crippen LogP contribution is -2.40. The second-order valence-corrected chi connectivity index (χ2v) is 3.77. The Balaban J connectivity index is 2.20. The van der Waals surface area contributed by atoms with Crippen LogP contribution < -0.4 is 0 Å². The molecule has 1 N–H and O–H groups in total. The summed E-state index contributed by atoms with van der Waals surface area (Å²) >= 11 is 0. The normalized spacial score (nSPS) is 19.9. The second kappa shape index (κ2) is 3.44. The summed E-state index contributed by atoms with van der Waals surface area (Å²) in [5, 5.41) is 9.70. The molecule has 0 spiro atoms. The zero-order chi connectivity index (χ0) is 9.19. The molecule has 0 bridgehead atoms. The Morgan fingerprint density at radius 1 is 1.58 bits per heavy atom. The molecule has 0 unspecified atom stereocenters. The number of nitrogens with zero attached hydrogens (tertiary/aromatic N) is 1. The van der Waals surface area contributed by atoms with Crippen molar-refractivity contribution in [1.29, 1.82) is 0 Å². The molecule has 1 fully saturated rings. The number of hydrogen-bond acceptors (Lipinski definition) is 2. The Morgan fingerprint density at radius 3 is 2.50 bits per heavy atom. The smallest absolute Gasteiger partial charge is 0.219 e. The molecule has 1 saturated carbocycles. The van der Waals surface area contributed by atoms with E-state index in [0.29, 0.717) is 6.54 Å². The van der Waals surface area contributed by atoms with E-state index in [1.54, 1.807) is 18.9 Å². The standard InChI is InChI=1S/C9H17NO2/c1-8(11)10(2)7-6-9(12)4-3-5-9/h12H,3-7H2,1-2H3. The number of aliphatic hydroxyl groups is 1. The average Bonchev–Trinajstić information content (AvgIpc) is 1.96. The van der Waals surface area contributed by atoms with Gasteiger partial charge in [0.2, 0.25) is 5.91 Å². The van der Waals surface area contributed by atoms with Crippen LogP contribution in [0.5, 0.6) is 0 Å². The van der Waals surface area contributed by atoms with E-state index in [1.807, 2.05) is 0 Å². The van der Waals surface area contributed by atoms with Crippen LogP contribution in [-0.4, -0.2) is 35.1 Å². The number of carbonyl (C=O) groups excluding carboxylic acids is 1. The highest BCUT2D eigenvalue weighted by molar-refractivity contribution is 5.72. The summed E-state index contributed by atoms with van der Waals surface area (Å²) in [6.07, 6.45) is 3.65. The van der Waals surface area contributed by atoms with Gasteiger partial charge in [0.1, 0.15) is 0 Å². The second-order valence-electron chi connectivity index (χ2n) is 3.77. The van der Waals surface area contributed by atoms with Crippen LogP contribution in [0, 0.1) is 0 Å². The van der Waals surface area contributed by atoms with Gasteiger partial charge in [0.05, 0.1) is 5.60 Å². The van der Waals surface area contributed by atoms with Crippen molar-refractivity contribution in [2.75, 3.05) is 13.6 Å². The van der Waals surface area contributed by atoms with Crippen molar-refractivity contribution in [2.24, 2.45) is 0 Å². The summed E-state index contributed by atoms with van der Waals surface area (Å²) in [7, 11) is 1.77. The number of rotatable bonds is 3. The number of amides is 1. The van der Waals surface area contributed by atoms with E-state index in [4.69, 9.17) is 0 Å². The molecule has 12 heavy (non-hydrogen) atoms. The van der Waals surface area contributed by atoms with E-state index in [1.165, 1.54) is 0 Å². The molecule has 0 saturated heterocycles. The monoisotopic (exact) mass is 171 g/mol. The number of hydrogen-bond donors (Lipinski definition) is 1. The highest BCUT2D eigenvalue weighted by Crippen LogP contribution is 2.34. The molecule has 0 radical (unpaired) electrons. The van der Waals surface area contributed by atoms with Crippen LogP contribution in [0.4, 0.5) is 0 Å². The van der Waals surface area contributed by atoms with Crippen LogP contribution in [0.3, 0.4) is 0 Å². The largest absolute Gasteiger partial charge is 0.390 e. The Morgan fingerprint density at radius 2 is 2.17 bits per heavy atom. The molecule has 1 aliphatic rings. The molecule has 0 heterocycles. The molecule has 70 valence electrons. The summed E-state index contributed by atoms with van der Waals surface area (Å²) in [5.74, 6) is 0.0675. The van der Waals surface area contributed by atoms with Crippen LogP contribution in [-0.2, 0) is 4.79 Å². The van der Waals surface area contributed by atoms with Crippen LogP contribution in [0.1, 0.15) is 32.6 Å². The van der Waals surface area contributed by atoms with Crippen LogP contribution >= 0.6 is 0 Å². The quantitative estimate of drug-likeness (QED) is 0.681. The van der Waals surface area contributed by atoms with Gasteiger partial charge in [-0.25, -0.2) is 0 Å². The maximum atomic E-state index is 10.8. The first-order chi connectivity index (χ1) is 5.53. The lowest BCUT2D eigenvalue weighted by atomic mass is 9.78. The SMILES string of the molecule is CC(=O)N(C)CCC1(O)CCC1. The van der Waals surface area contributed by atoms with E-state index in [9.17, 15) is 9.90 Å². The van der Waals surface area contributed by atoms with Gasteiger partial charge in [0, 0.05) is 20.5 Å². The van der Waals surface area contributed by atoms with Crippen molar-refractivity contribution >= 4 is 5.91 Å². The third kappa shape index (κ3) is 2.21. The van der Waals surface area contributed by atoms with Gasteiger partial charge in [0.25, 0.3) is 0 Å². The molecule has 1 aliphatic carbocycles. The van der Waals surface area contributed by atoms with Crippen molar-refractivity contribution in [3.05, 3.63) is 0 Å². The lowest BCUT2D eigenvalue weighted by molar-refractivity contribution is -0.128. The van der Waals surface area contributed by atoms with Crippen molar-refractivity contribution in [3.8, 4) is 0 Å². The molecule has 0 aliphatic heterocycles. The van der Waals surface area contributed by atoms with Crippen LogP contribution in [0.25, 0.3) is 0 Å². The first kappa shape index (κ1) is 9.52. The van der Waals surface area contributed by atoms with Gasteiger partial charge in [-0.2, -0.15) is 0 Å². The van der Waals surface area contributed by atoms with Gasteiger partial charge in [-0.3, -0.25) is 4.79 Å². The molecular weight excluding hydrogens is 154 g/mol. The molecule has 0 aromatic rings. The zero-order valence-electron chi connectivity index (χ0n) is 7.84. The minimum absolute atomic E-state index is 0.0675. The van der Waals surface area contributed by atoms with Crippen LogP contribution in [0.15, 0.2) is 0 Å². The van der Waals surface area contributed by atoms with E-state index >= 15 is 0 Å². The molecule has 3 nitrogen and oxygen atoms in total. The highest BCUT2D eigenvalue weighted by atomic mass is 16.3. The summed E-state index contributed by atoms with van der Waals surface area (Å²) in [4.78, 5) is 12.5. The Hall–Kier alpha value is -0.570. The minimum Gasteiger partial charge on any atom is -0.390 e. The van der Waals surface area contributed by atoms with E-state index in [2.05, 4.69) is 0 Å². The summed E-state index contributed by atoms with van der Waals surface area (Å²) in [6, 6.07) is 0. The third-order valence-corrected chi connectivity index (χ3v) is 2.73. The van der Waals surface area contributed by atoms with Crippen molar-refractivity contribution in [2.45, 2.75) is 38.2 Å². The zero-order valence-corrected chi connectivity index (χ0v) is 7.84. The first-order valence-corrected chi connectivity index (χ1v) is 4.48. The Kier molecular flexibility index (Phi) is 2.73. The Labute approximate surface area is 73.4 Å². The summed E-state index contributed by atoms with van der Waals surface area (Å²) < 4.78 is 0. The molecule has 1 amide bonds. The van der Waals surface area contributed by atoms with Crippen molar-refractivity contribution in [1.82, 2.24) is 4.90 Å². The minimum atomic E-state index is -0.455. The fraction of sp³-hybridized carbons (Fsp3) is 0.889. The Bertz CT molecular complexity index is 175. The highest BCUT2D eigenvalue weighted by Gasteiger charge is 2.34. The maximum Gasteiger partial charge on any atom is 0.219 e. The van der Waals surface area contributed by atoms with Crippen LogP contribution in [0.2, 0.25) is 0 Å². The van der Waals surface area contributed by atoms with Gasteiger partial charge in [-0.15, -0.1) is 0 Å². The third-order valence-electron chi connectivity index (χ3n) is 2.73. The molecule has 1 rings (SSSR count). The fourth-order valence-electron chi connectivity index (χ4n) is 1.37. The maximum absolute atomic E-state index is 10.8. The van der Waals surface area contributed by atoms with Gasteiger partial charge < -0.3 is 10.0 Å². The van der Waals surface area contributed by atoms with Gasteiger partial charge in [-0.1, -0.05) is 0 Å². The lowest BCUT2D eigenvalue weighted by Gasteiger charge is -2.37. The van der Waals surface area contributed by atoms with Crippen molar-refractivity contribution in [3.63, 3.8) is 0 Å². The summed E-state index contributed by atoms with van der Waals surface area (Å²) in [6.45, 7) is 2.22. The van der Waals surface area contributed by atoms with Gasteiger partial charge in [0.15, 0.2) is 0 Å². The summed E-state index contributed by atoms with van der Waals surface area (Å²) in [5.41, 5.74) is -0.455. The predicted octanol–water partition coefficient (Wildman–Crippen LogP) is 0.770. The van der Waals surface area contributed by atoms with E-state index < -0.39 is 5.60 Å². The predicted molar refractivity (Wildman–Crippen MR) is 46.7 cm³/mol. The fourth-order valence-corrected chi connectivity index (χ4v) is 1.37. The van der Waals surface area contributed by atoms with Gasteiger partial charge >= 0.3 is 0 Å². The topological polar surface area (TPSA) is 40.5 Å². The molecular formula is C9H17NO2. The van der Waals surface area contributed by atoms with E-state index in [-0.39, 0.29) is 5.91 Å². The first-order valence-electron chi connectivity index (χ1n) is 4.48. The van der Waals surface area contributed by atoms with E-state index in [0.717, 1.165) is 25.7 Å². The molecule has 3 heteroatoms. The number of carbonyl (C=O) groups is 1. The molecule has 0 aromatic heterocycles. The average molecular weight is 171 g/mol. The molecule has 0 atom stereocenters.